The molecule has 0 amide bonds. The van der Waals surface area contributed by atoms with E-state index in [1.165, 1.54) is 12.0 Å². The van der Waals surface area contributed by atoms with Crippen molar-refractivity contribution in [3.8, 4) is 0 Å². The van der Waals surface area contributed by atoms with Crippen LogP contribution in [0.5, 0.6) is 0 Å². The molecular weight excluding hydrogens is 220 g/mol. The van der Waals surface area contributed by atoms with Crippen molar-refractivity contribution in [2.45, 2.75) is 32.4 Å². The standard InChI is InChI=1S/C13H19ClN2/c1-10-4-5-11(7-13(10)14)8-16-6-2-3-12(15)9-16/h4-5,7,12H,2-3,6,8-9,15H2,1H3. The van der Waals surface area contributed by atoms with Crippen LogP contribution in [0.1, 0.15) is 24.0 Å². The first-order valence-electron chi connectivity index (χ1n) is 5.88. The van der Waals surface area contributed by atoms with Gasteiger partial charge < -0.3 is 5.73 Å². The van der Waals surface area contributed by atoms with E-state index in [2.05, 4.69) is 23.1 Å². The van der Waals surface area contributed by atoms with Crippen LogP contribution in [0, 0.1) is 6.92 Å². The van der Waals surface area contributed by atoms with Crippen molar-refractivity contribution in [1.82, 2.24) is 4.90 Å². The van der Waals surface area contributed by atoms with Gasteiger partial charge in [0.2, 0.25) is 0 Å². The highest BCUT2D eigenvalue weighted by atomic mass is 35.5. The number of hydrogen-bond donors (Lipinski definition) is 1. The summed E-state index contributed by atoms with van der Waals surface area (Å²) in [7, 11) is 0. The van der Waals surface area contributed by atoms with Crippen LogP contribution >= 0.6 is 11.6 Å². The molecule has 1 atom stereocenters. The zero-order chi connectivity index (χ0) is 11.5. The molecule has 0 spiro atoms. The molecule has 2 nitrogen and oxygen atoms in total. The van der Waals surface area contributed by atoms with Crippen molar-refractivity contribution in [2.75, 3.05) is 13.1 Å². The summed E-state index contributed by atoms with van der Waals surface area (Å²) in [4.78, 5) is 2.41. The van der Waals surface area contributed by atoms with Gasteiger partial charge in [-0.1, -0.05) is 23.7 Å². The molecule has 1 unspecified atom stereocenters. The fourth-order valence-electron chi connectivity index (χ4n) is 2.23. The molecule has 16 heavy (non-hydrogen) atoms. The molecule has 1 aliphatic rings. The van der Waals surface area contributed by atoms with Gasteiger partial charge in [0, 0.05) is 24.2 Å². The van der Waals surface area contributed by atoms with Crippen molar-refractivity contribution < 1.29 is 0 Å². The highest BCUT2D eigenvalue weighted by molar-refractivity contribution is 6.31. The van der Waals surface area contributed by atoms with Gasteiger partial charge in [0.05, 0.1) is 0 Å². The van der Waals surface area contributed by atoms with E-state index in [0.717, 1.165) is 36.6 Å². The van der Waals surface area contributed by atoms with Gasteiger partial charge >= 0.3 is 0 Å². The van der Waals surface area contributed by atoms with Gasteiger partial charge in [-0.25, -0.2) is 0 Å². The minimum atomic E-state index is 0.342. The Morgan fingerprint density at radius 2 is 2.31 bits per heavy atom. The minimum Gasteiger partial charge on any atom is -0.327 e. The lowest BCUT2D eigenvalue weighted by molar-refractivity contribution is 0.201. The van der Waals surface area contributed by atoms with Crippen LogP contribution in [0.2, 0.25) is 5.02 Å². The van der Waals surface area contributed by atoms with Crippen molar-refractivity contribution >= 4 is 11.6 Å². The molecule has 0 radical (unpaired) electrons. The van der Waals surface area contributed by atoms with E-state index in [1.54, 1.807) is 0 Å². The predicted molar refractivity (Wildman–Crippen MR) is 68.7 cm³/mol. The zero-order valence-electron chi connectivity index (χ0n) is 9.75. The molecule has 88 valence electrons. The number of nitrogens with two attached hydrogens (primary N) is 1. The third-order valence-electron chi connectivity index (χ3n) is 3.18. The Balaban J connectivity index is 2.00. The first kappa shape index (κ1) is 11.9. The van der Waals surface area contributed by atoms with Crippen LogP contribution in [0.15, 0.2) is 18.2 Å². The lowest BCUT2D eigenvalue weighted by Crippen LogP contribution is -2.42. The van der Waals surface area contributed by atoms with Gasteiger partial charge in [0.1, 0.15) is 0 Å². The van der Waals surface area contributed by atoms with E-state index in [1.807, 2.05) is 6.92 Å². The fourth-order valence-corrected chi connectivity index (χ4v) is 2.43. The summed E-state index contributed by atoms with van der Waals surface area (Å²) in [5.74, 6) is 0. The highest BCUT2D eigenvalue weighted by Crippen LogP contribution is 2.19. The van der Waals surface area contributed by atoms with E-state index >= 15 is 0 Å². The molecule has 0 bridgehead atoms. The topological polar surface area (TPSA) is 29.3 Å². The zero-order valence-corrected chi connectivity index (χ0v) is 10.5. The number of nitrogens with zero attached hydrogens (tertiary/aromatic N) is 1. The third kappa shape index (κ3) is 2.97. The third-order valence-corrected chi connectivity index (χ3v) is 3.59. The molecule has 3 heteroatoms. The monoisotopic (exact) mass is 238 g/mol. The van der Waals surface area contributed by atoms with Crippen LogP contribution in [0.3, 0.4) is 0 Å². The summed E-state index contributed by atoms with van der Waals surface area (Å²) in [6.45, 7) is 5.15. The maximum Gasteiger partial charge on any atom is 0.0438 e. The van der Waals surface area contributed by atoms with Gasteiger partial charge in [-0.2, -0.15) is 0 Å². The average molecular weight is 239 g/mol. The van der Waals surface area contributed by atoms with Crippen molar-refractivity contribution in [3.05, 3.63) is 34.3 Å². The Morgan fingerprint density at radius 3 is 3.00 bits per heavy atom. The number of aryl methyl sites for hydroxylation is 1. The van der Waals surface area contributed by atoms with Crippen molar-refractivity contribution in [3.63, 3.8) is 0 Å². The smallest absolute Gasteiger partial charge is 0.0438 e. The van der Waals surface area contributed by atoms with E-state index in [-0.39, 0.29) is 0 Å². The van der Waals surface area contributed by atoms with Gasteiger partial charge in [-0.05, 0) is 43.5 Å². The molecule has 1 fully saturated rings. The highest BCUT2D eigenvalue weighted by Gasteiger charge is 2.16. The minimum absolute atomic E-state index is 0.342. The number of hydrogen-bond acceptors (Lipinski definition) is 2. The normalized spacial score (nSPS) is 22.3. The summed E-state index contributed by atoms with van der Waals surface area (Å²) in [6.07, 6.45) is 2.37. The van der Waals surface area contributed by atoms with E-state index in [9.17, 15) is 0 Å². The van der Waals surface area contributed by atoms with Gasteiger partial charge in [0.15, 0.2) is 0 Å². The first-order valence-corrected chi connectivity index (χ1v) is 6.26. The Labute approximate surface area is 102 Å². The second-order valence-corrected chi connectivity index (χ2v) is 5.13. The van der Waals surface area contributed by atoms with E-state index in [4.69, 9.17) is 17.3 Å². The Kier molecular flexibility index (Phi) is 3.85. The number of piperidine rings is 1. The summed E-state index contributed by atoms with van der Waals surface area (Å²) in [5.41, 5.74) is 8.39. The maximum absolute atomic E-state index is 6.12. The second kappa shape index (κ2) is 5.17. The Bertz CT molecular complexity index is 365. The molecular formula is C13H19ClN2. The fraction of sp³-hybridized carbons (Fsp3) is 0.538. The molecule has 1 saturated heterocycles. The summed E-state index contributed by atoms with van der Waals surface area (Å²) in [5, 5.41) is 0.860. The van der Waals surface area contributed by atoms with Crippen molar-refractivity contribution in [1.29, 1.82) is 0 Å². The summed E-state index contributed by atoms with van der Waals surface area (Å²) >= 11 is 6.12. The largest absolute Gasteiger partial charge is 0.327 e. The molecule has 1 aromatic rings. The van der Waals surface area contributed by atoms with Crippen LogP contribution in [0.4, 0.5) is 0 Å². The van der Waals surface area contributed by atoms with Crippen LogP contribution in [0.25, 0.3) is 0 Å². The van der Waals surface area contributed by atoms with Gasteiger partial charge in [-0.15, -0.1) is 0 Å². The Morgan fingerprint density at radius 1 is 1.50 bits per heavy atom. The second-order valence-electron chi connectivity index (χ2n) is 4.72. The predicted octanol–water partition coefficient (Wildman–Crippen LogP) is 2.57. The van der Waals surface area contributed by atoms with Crippen LogP contribution in [-0.2, 0) is 6.54 Å². The molecule has 0 saturated carbocycles. The number of rotatable bonds is 2. The SMILES string of the molecule is Cc1ccc(CN2CCCC(N)C2)cc1Cl. The lowest BCUT2D eigenvalue weighted by atomic mass is 10.1. The first-order chi connectivity index (χ1) is 7.65. The number of halogens is 1. The number of likely N-dealkylation sites (tertiary alicyclic amines) is 1. The maximum atomic E-state index is 6.12. The molecule has 0 aliphatic carbocycles. The average Bonchev–Trinajstić information content (AvgIpc) is 2.24. The van der Waals surface area contributed by atoms with Crippen LogP contribution in [-0.4, -0.2) is 24.0 Å². The molecule has 2 rings (SSSR count). The number of benzene rings is 1. The molecule has 0 aromatic heterocycles. The lowest BCUT2D eigenvalue weighted by Gasteiger charge is -2.30. The quantitative estimate of drug-likeness (QED) is 0.858. The van der Waals surface area contributed by atoms with Crippen LogP contribution < -0.4 is 5.73 Å². The van der Waals surface area contributed by atoms with E-state index < -0.39 is 0 Å². The molecule has 1 aliphatic heterocycles. The van der Waals surface area contributed by atoms with E-state index in [0.29, 0.717) is 6.04 Å². The molecule has 2 N–H and O–H groups in total. The van der Waals surface area contributed by atoms with Gasteiger partial charge in [-0.3, -0.25) is 4.90 Å². The Hall–Kier alpha value is -0.570. The molecule has 1 aromatic carbocycles. The van der Waals surface area contributed by atoms with Gasteiger partial charge in [0.25, 0.3) is 0 Å². The summed E-state index contributed by atoms with van der Waals surface area (Å²) < 4.78 is 0. The van der Waals surface area contributed by atoms with Crippen molar-refractivity contribution in [2.24, 2.45) is 5.73 Å². The molecule has 1 heterocycles. The summed E-state index contributed by atoms with van der Waals surface area (Å²) in [6, 6.07) is 6.65.